The highest BCUT2D eigenvalue weighted by molar-refractivity contribution is 5.22. The van der Waals surface area contributed by atoms with Crippen LogP contribution in [-0.2, 0) is 5.60 Å². The fourth-order valence-electron chi connectivity index (χ4n) is 3.65. The van der Waals surface area contributed by atoms with Crippen molar-refractivity contribution in [1.82, 2.24) is 9.88 Å². The molecule has 1 N–H and O–H groups in total. The largest absolute Gasteiger partial charge is 0.481 e. The number of hydrogen-bond acceptors (Lipinski definition) is 4. The monoisotopic (exact) mass is 262 g/mol. The van der Waals surface area contributed by atoms with Crippen molar-refractivity contribution in [3.8, 4) is 5.88 Å². The lowest BCUT2D eigenvalue weighted by Gasteiger charge is -2.50. The topological polar surface area (TPSA) is 45.6 Å². The van der Waals surface area contributed by atoms with E-state index >= 15 is 0 Å². The highest BCUT2D eigenvalue weighted by Gasteiger charge is 2.45. The number of aromatic nitrogens is 1. The molecule has 0 aromatic carbocycles. The Morgan fingerprint density at radius 3 is 2.63 bits per heavy atom. The Balaban J connectivity index is 1.90. The van der Waals surface area contributed by atoms with E-state index in [-0.39, 0.29) is 0 Å². The summed E-state index contributed by atoms with van der Waals surface area (Å²) in [5.41, 5.74) is -0.0339. The van der Waals surface area contributed by atoms with Crippen LogP contribution in [0.5, 0.6) is 5.88 Å². The van der Waals surface area contributed by atoms with Gasteiger partial charge in [-0.05, 0) is 38.8 Å². The molecule has 2 bridgehead atoms. The lowest BCUT2D eigenvalue weighted by atomic mass is 9.74. The van der Waals surface area contributed by atoms with Gasteiger partial charge in [-0.2, -0.15) is 0 Å². The number of methoxy groups -OCH3 is 1. The molecule has 1 aromatic rings. The lowest BCUT2D eigenvalue weighted by molar-refractivity contribution is -0.0900. The van der Waals surface area contributed by atoms with Gasteiger partial charge in [0.1, 0.15) is 5.60 Å². The molecule has 2 aliphatic rings. The molecule has 0 amide bonds. The Kier molecular flexibility index (Phi) is 3.23. The number of piperidine rings is 2. The van der Waals surface area contributed by atoms with Crippen molar-refractivity contribution in [2.75, 3.05) is 14.2 Å². The van der Waals surface area contributed by atoms with Gasteiger partial charge in [0.15, 0.2) is 0 Å². The lowest BCUT2D eigenvalue weighted by Crippen LogP contribution is -2.55. The number of pyridine rings is 1. The molecule has 3 rings (SSSR count). The third kappa shape index (κ3) is 2.23. The second kappa shape index (κ2) is 4.76. The van der Waals surface area contributed by atoms with Gasteiger partial charge in [0.25, 0.3) is 0 Å². The normalized spacial score (nSPS) is 35.1. The third-order valence-corrected chi connectivity index (χ3v) is 4.78. The van der Waals surface area contributed by atoms with Crippen molar-refractivity contribution < 1.29 is 9.84 Å². The average molecular weight is 262 g/mol. The van der Waals surface area contributed by atoms with Crippen LogP contribution >= 0.6 is 0 Å². The molecule has 0 radical (unpaired) electrons. The Hall–Kier alpha value is -1.13. The van der Waals surface area contributed by atoms with E-state index < -0.39 is 5.60 Å². The molecule has 2 saturated heterocycles. The molecule has 3 heterocycles. The van der Waals surface area contributed by atoms with Crippen LogP contribution in [-0.4, -0.2) is 41.2 Å². The predicted octanol–water partition coefficient (Wildman–Crippen LogP) is 1.92. The SMILES string of the molecule is COc1cccc(C2(O)CC3CCCC(C2)N3C)n1. The summed E-state index contributed by atoms with van der Waals surface area (Å²) in [6.07, 6.45) is 5.19. The molecule has 2 unspecified atom stereocenters. The van der Waals surface area contributed by atoms with Crippen LogP contribution in [0.4, 0.5) is 0 Å². The van der Waals surface area contributed by atoms with E-state index in [0.717, 1.165) is 18.5 Å². The zero-order valence-corrected chi connectivity index (χ0v) is 11.7. The number of aliphatic hydroxyl groups is 1. The minimum Gasteiger partial charge on any atom is -0.481 e. The van der Waals surface area contributed by atoms with Gasteiger partial charge in [0, 0.05) is 18.2 Å². The molecule has 2 fully saturated rings. The number of nitrogens with zero attached hydrogens (tertiary/aromatic N) is 2. The van der Waals surface area contributed by atoms with E-state index in [1.807, 2.05) is 18.2 Å². The van der Waals surface area contributed by atoms with Crippen LogP contribution in [0, 0.1) is 0 Å². The molecular formula is C15H22N2O2. The first-order valence-electron chi connectivity index (χ1n) is 7.08. The van der Waals surface area contributed by atoms with Crippen LogP contribution in [0.15, 0.2) is 18.2 Å². The zero-order chi connectivity index (χ0) is 13.5. The molecule has 2 aliphatic heterocycles. The standard InChI is InChI=1S/C15H22N2O2/c1-17-11-5-3-6-12(17)10-15(18,9-11)13-7-4-8-14(16-13)19-2/h4,7-8,11-12,18H,3,5-6,9-10H2,1-2H3. The van der Waals surface area contributed by atoms with Crippen molar-refractivity contribution in [3.63, 3.8) is 0 Å². The average Bonchev–Trinajstić information content (AvgIpc) is 2.41. The Morgan fingerprint density at radius 1 is 1.32 bits per heavy atom. The molecular weight excluding hydrogens is 240 g/mol. The molecule has 1 aromatic heterocycles. The van der Waals surface area contributed by atoms with Gasteiger partial charge in [-0.3, -0.25) is 0 Å². The first-order chi connectivity index (χ1) is 9.12. The van der Waals surface area contributed by atoms with E-state index in [9.17, 15) is 5.11 Å². The summed E-state index contributed by atoms with van der Waals surface area (Å²) in [5.74, 6) is 0.579. The maximum atomic E-state index is 11.0. The fourth-order valence-corrected chi connectivity index (χ4v) is 3.65. The molecule has 19 heavy (non-hydrogen) atoms. The summed E-state index contributed by atoms with van der Waals surface area (Å²) in [5, 5.41) is 11.0. The summed E-state index contributed by atoms with van der Waals surface area (Å²) < 4.78 is 5.17. The van der Waals surface area contributed by atoms with Gasteiger partial charge in [-0.25, -0.2) is 4.98 Å². The molecule has 2 atom stereocenters. The number of hydrogen-bond donors (Lipinski definition) is 1. The molecule has 4 nitrogen and oxygen atoms in total. The van der Waals surface area contributed by atoms with Crippen molar-refractivity contribution in [3.05, 3.63) is 23.9 Å². The maximum Gasteiger partial charge on any atom is 0.213 e. The third-order valence-electron chi connectivity index (χ3n) is 4.78. The van der Waals surface area contributed by atoms with Crippen molar-refractivity contribution in [2.24, 2.45) is 0 Å². The maximum absolute atomic E-state index is 11.0. The number of ether oxygens (including phenoxy) is 1. The van der Waals surface area contributed by atoms with Crippen LogP contribution < -0.4 is 4.74 Å². The minimum absolute atomic E-state index is 0.477. The van der Waals surface area contributed by atoms with E-state index in [0.29, 0.717) is 18.0 Å². The quantitative estimate of drug-likeness (QED) is 0.884. The van der Waals surface area contributed by atoms with E-state index in [2.05, 4.69) is 16.9 Å². The summed E-state index contributed by atoms with van der Waals surface area (Å²) >= 11 is 0. The van der Waals surface area contributed by atoms with Crippen molar-refractivity contribution in [2.45, 2.75) is 49.8 Å². The fraction of sp³-hybridized carbons (Fsp3) is 0.667. The Morgan fingerprint density at radius 2 is 2.00 bits per heavy atom. The summed E-state index contributed by atoms with van der Waals surface area (Å²) in [6.45, 7) is 0. The van der Waals surface area contributed by atoms with Crippen LogP contribution in [0.2, 0.25) is 0 Å². The van der Waals surface area contributed by atoms with E-state index in [1.165, 1.54) is 19.3 Å². The second-order valence-electron chi connectivity index (χ2n) is 5.91. The summed E-state index contributed by atoms with van der Waals surface area (Å²) in [6, 6.07) is 6.61. The van der Waals surface area contributed by atoms with Crippen LogP contribution in [0.1, 0.15) is 37.8 Å². The Bertz CT molecular complexity index is 449. The summed E-state index contributed by atoms with van der Waals surface area (Å²) in [7, 11) is 3.80. The van der Waals surface area contributed by atoms with E-state index in [4.69, 9.17) is 4.74 Å². The minimum atomic E-state index is -0.795. The van der Waals surface area contributed by atoms with E-state index in [1.54, 1.807) is 7.11 Å². The van der Waals surface area contributed by atoms with Gasteiger partial charge in [-0.15, -0.1) is 0 Å². The van der Waals surface area contributed by atoms with Crippen LogP contribution in [0.3, 0.4) is 0 Å². The molecule has 4 heteroatoms. The van der Waals surface area contributed by atoms with Gasteiger partial charge >= 0.3 is 0 Å². The highest BCUT2D eigenvalue weighted by Crippen LogP contribution is 2.43. The summed E-state index contributed by atoms with van der Waals surface area (Å²) in [4.78, 5) is 6.89. The van der Waals surface area contributed by atoms with Crippen LogP contribution in [0.25, 0.3) is 0 Å². The molecule has 0 spiro atoms. The smallest absolute Gasteiger partial charge is 0.213 e. The molecule has 104 valence electrons. The first-order valence-corrected chi connectivity index (χ1v) is 7.08. The Labute approximate surface area is 114 Å². The molecule has 0 saturated carbocycles. The van der Waals surface area contributed by atoms with Gasteiger partial charge in [0.2, 0.25) is 5.88 Å². The van der Waals surface area contributed by atoms with Crippen molar-refractivity contribution in [1.29, 1.82) is 0 Å². The number of fused-ring (bicyclic) bond motifs is 2. The first kappa shape index (κ1) is 12.9. The number of rotatable bonds is 2. The van der Waals surface area contributed by atoms with Gasteiger partial charge in [-0.1, -0.05) is 12.5 Å². The van der Waals surface area contributed by atoms with Gasteiger partial charge in [0.05, 0.1) is 12.8 Å². The highest BCUT2D eigenvalue weighted by atomic mass is 16.5. The zero-order valence-electron chi connectivity index (χ0n) is 11.7. The molecule has 0 aliphatic carbocycles. The van der Waals surface area contributed by atoms with Gasteiger partial charge < -0.3 is 14.7 Å². The second-order valence-corrected chi connectivity index (χ2v) is 5.91. The van der Waals surface area contributed by atoms with Crippen molar-refractivity contribution >= 4 is 0 Å². The predicted molar refractivity (Wildman–Crippen MR) is 73.1 cm³/mol.